The van der Waals surface area contributed by atoms with E-state index < -0.39 is 5.97 Å². The SMILES string of the molecule is O=C(O)C1CC2CCC1N2C(=O)CCCc1ccccc1. The lowest BCUT2D eigenvalue weighted by Gasteiger charge is -2.23. The molecule has 2 aliphatic heterocycles. The van der Waals surface area contributed by atoms with Crippen molar-refractivity contribution in [3.8, 4) is 0 Å². The van der Waals surface area contributed by atoms with Crippen molar-refractivity contribution in [2.24, 2.45) is 5.92 Å². The number of fused-ring (bicyclic) bond motifs is 2. The summed E-state index contributed by atoms with van der Waals surface area (Å²) in [6.07, 6.45) is 4.72. The third kappa shape index (κ3) is 2.80. The number of nitrogens with zero attached hydrogens (tertiary/aromatic N) is 1. The molecule has 21 heavy (non-hydrogen) atoms. The van der Waals surface area contributed by atoms with Crippen LogP contribution in [0, 0.1) is 5.92 Å². The average Bonchev–Trinajstić information content (AvgIpc) is 3.06. The Bertz CT molecular complexity index is 528. The molecule has 2 saturated heterocycles. The van der Waals surface area contributed by atoms with Gasteiger partial charge in [0.25, 0.3) is 0 Å². The number of rotatable bonds is 5. The summed E-state index contributed by atoms with van der Waals surface area (Å²) in [5.41, 5.74) is 1.25. The first-order chi connectivity index (χ1) is 10.2. The smallest absolute Gasteiger partial charge is 0.308 e. The molecule has 4 heteroatoms. The minimum atomic E-state index is -0.746. The van der Waals surface area contributed by atoms with E-state index in [0.29, 0.717) is 12.8 Å². The largest absolute Gasteiger partial charge is 0.481 e. The molecule has 2 heterocycles. The molecule has 3 unspecified atom stereocenters. The first-order valence-electron chi connectivity index (χ1n) is 7.74. The van der Waals surface area contributed by atoms with Gasteiger partial charge in [0.1, 0.15) is 0 Å². The highest BCUT2D eigenvalue weighted by atomic mass is 16.4. The minimum absolute atomic E-state index is 0.0586. The molecule has 2 bridgehead atoms. The molecule has 1 aromatic carbocycles. The van der Waals surface area contributed by atoms with Crippen molar-refractivity contribution < 1.29 is 14.7 Å². The summed E-state index contributed by atoms with van der Waals surface area (Å²) in [5, 5.41) is 9.22. The molecule has 3 rings (SSSR count). The van der Waals surface area contributed by atoms with Gasteiger partial charge in [-0.1, -0.05) is 30.3 Å². The number of carbonyl (C=O) groups excluding carboxylic acids is 1. The van der Waals surface area contributed by atoms with Gasteiger partial charge in [-0.15, -0.1) is 0 Å². The van der Waals surface area contributed by atoms with Gasteiger partial charge in [0.05, 0.1) is 5.92 Å². The Labute approximate surface area is 124 Å². The molecule has 2 aliphatic rings. The molecule has 0 spiro atoms. The van der Waals surface area contributed by atoms with Crippen LogP contribution in [0.2, 0.25) is 0 Å². The third-order valence-corrected chi connectivity index (χ3v) is 4.84. The van der Waals surface area contributed by atoms with E-state index in [0.717, 1.165) is 25.7 Å². The number of hydrogen-bond donors (Lipinski definition) is 1. The summed E-state index contributed by atoms with van der Waals surface area (Å²) in [6.45, 7) is 0. The van der Waals surface area contributed by atoms with E-state index in [1.165, 1.54) is 5.56 Å². The van der Waals surface area contributed by atoms with E-state index in [9.17, 15) is 14.7 Å². The molecular weight excluding hydrogens is 266 g/mol. The lowest BCUT2D eigenvalue weighted by atomic mass is 9.89. The van der Waals surface area contributed by atoms with Crippen LogP contribution < -0.4 is 0 Å². The van der Waals surface area contributed by atoms with Crippen molar-refractivity contribution in [3.63, 3.8) is 0 Å². The van der Waals surface area contributed by atoms with Gasteiger partial charge in [-0.3, -0.25) is 9.59 Å². The van der Waals surface area contributed by atoms with E-state index in [2.05, 4.69) is 12.1 Å². The van der Waals surface area contributed by atoms with Crippen LogP contribution in [0.4, 0.5) is 0 Å². The zero-order valence-corrected chi connectivity index (χ0v) is 12.1. The van der Waals surface area contributed by atoms with Crippen LogP contribution in [0.5, 0.6) is 0 Å². The fraction of sp³-hybridized carbons (Fsp3) is 0.529. The van der Waals surface area contributed by atoms with E-state index in [-0.39, 0.29) is 23.9 Å². The lowest BCUT2D eigenvalue weighted by Crippen LogP contribution is -2.37. The van der Waals surface area contributed by atoms with E-state index in [1.54, 1.807) is 0 Å². The second-order valence-electron chi connectivity index (χ2n) is 6.12. The minimum Gasteiger partial charge on any atom is -0.481 e. The summed E-state index contributed by atoms with van der Waals surface area (Å²) < 4.78 is 0. The van der Waals surface area contributed by atoms with Crippen LogP contribution in [0.3, 0.4) is 0 Å². The second kappa shape index (κ2) is 5.88. The van der Waals surface area contributed by atoms with E-state index >= 15 is 0 Å². The molecular formula is C17H21NO3. The Kier molecular flexibility index (Phi) is 3.95. The number of hydrogen-bond acceptors (Lipinski definition) is 2. The van der Waals surface area contributed by atoms with Crippen LogP contribution in [-0.4, -0.2) is 34.0 Å². The quantitative estimate of drug-likeness (QED) is 0.905. The van der Waals surface area contributed by atoms with Gasteiger partial charge >= 0.3 is 5.97 Å². The van der Waals surface area contributed by atoms with Crippen molar-refractivity contribution in [2.75, 3.05) is 0 Å². The first-order valence-corrected chi connectivity index (χ1v) is 7.74. The normalized spacial score (nSPS) is 27.0. The lowest BCUT2D eigenvalue weighted by molar-refractivity contribution is -0.143. The molecule has 3 atom stereocenters. The zero-order chi connectivity index (χ0) is 14.8. The second-order valence-corrected chi connectivity index (χ2v) is 6.12. The number of aliphatic carboxylic acids is 1. The van der Waals surface area contributed by atoms with Gasteiger partial charge in [0.15, 0.2) is 0 Å². The van der Waals surface area contributed by atoms with Gasteiger partial charge in [-0.05, 0) is 37.7 Å². The van der Waals surface area contributed by atoms with E-state index in [4.69, 9.17) is 0 Å². The van der Waals surface area contributed by atoms with Gasteiger partial charge in [-0.2, -0.15) is 0 Å². The maximum Gasteiger partial charge on any atom is 0.308 e. The Balaban J connectivity index is 1.53. The van der Waals surface area contributed by atoms with Crippen molar-refractivity contribution in [2.45, 2.75) is 50.6 Å². The summed E-state index contributed by atoms with van der Waals surface area (Å²) in [5.74, 6) is -0.951. The number of carboxylic acids is 1. The molecule has 0 aromatic heterocycles. The van der Waals surface area contributed by atoms with Gasteiger partial charge in [-0.25, -0.2) is 0 Å². The molecule has 1 amide bonds. The maximum absolute atomic E-state index is 12.4. The van der Waals surface area contributed by atoms with Gasteiger partial charge in [0, 0.05) is 18.5 Å². The van der Waals surface area contributed by atoms with Gasteiger partial charge in [0.2, 0.25) is 5.91 Å². The summed E-state index contributed by atoms with van der Waals surface area (Å²) in [4.78, 5) is 25.5. The number of carboxylic acid groups (broad SMARTS) is 1. The van der Waals surface area contributed by atoms with Crippen LogP contribution in [0.1, 0.15) is 37.7 Å². The van der Waals surface area contributed by atoms with Crippen LogP contribution >= 0.6 is 0 Å². The average molecular weight is 287 g/mol. The highest BCUT2D eigenvalue weighted by Crippen LogP contribution is 2.42. The predicted molar refractivity (Wildman–Crippen MR) is 78.8 cm³/mol. The molecule has 4 nitrogen and oxygen atoms in total. The summed E-state index contributed by atoms with van der Waals surface area (Å²) in [6, 6.07) is 10.3. The topological polar surface area (TPSA) is 57.6 Å². The first kappa shape index (κ1) is 14.1. The van der Waals surface area contributed by atoms with E-state index in [1.807, 2.05) is 23.1 Å². The molecule has 112 valence electrons. The van der Waals surface area contributed by atoms with Crippen molar-refractivity contribution >= 4 is 11.9 Å². The summed E-state index contributed by atoms with van der Waals surface area (Å²) in [7, 11) is 0. The van der Waals surface area contributed by atoms with Crippen LogP contribution in [0.15, 0.2) is 30.3 Å². The molecule has 1 aromatic rings. The Morgan fingerprint density at radius 1 is 1.19 bits per heavy atom. The highest BCUT2D eigenvalue weighted by Gasteiger charge is 2.50. The molecule has 0 radical (unpaired) electrons. The van der Waals surface area contributed by atoms with Crippen molar-refractivity contribution in [1.29, 1.82) is 0 Å². The van der Waals surface area contributed by atoms with Crippen molar-refractivity contribution in [1.82, 2.24) is 4.90 Å². The zero-order valence-electron chi connectivity index (χ0n) is 12.1. The predicted octanol–water partition coefficient (Wildman–Crippen LogP) is 2.47. The number of aryl methyl sites for hydroxylation is 1. The van der Waals surface area contributed by atoms with Crippen LogP contribution in [0.25, 0.3) is 0 Å². The molecule has 0 aliphatic carbocycles. The molecule has 2 fully saturated rings. The number of benzene rings is 1. The van der Waals surface area contributed by atoms with Gasteiger partial charge < -0.3 is 10.0 Å². The third-order valence-electron chi connectivity index (χ3n) is 4.84. The number of carbonyl (C=O) groups is 2. The highest BCUT2D eigenvalue weighted by molar-refractivity contribution is 5.80. The monoisotopic (exact) mass is 287 g/mol. The molecule has 0 saturated carbocycles. The molecule has 1 N–H and O–H groups in total. The fourth-order valence-corrected chi connectivity index (χ4v) is 3.86. The van der Waals surface area contributed by atoms with Crippen molar-refractivity contribution in [3.05, 3.63) is 35.9 Å². The Hall–Kier alpha value is -1.84. The Morgan fingerprint density at radius 2 is 1.95 bits per heavy atom. The maximum atomic E-state index is 12.4. The standard InChI is InChI=1S/C17H21NO3/c19-16(8-4-7-12-5-2-1-3-6-12)18-13-9-10-15(18)14(11-13)17(20)21/h1-3,5-6,13-15H,4,7-11H2,(H,20,21). The Morgan fingerprint density at radius 3 is 2.62 bits per heavy atom. The van der Waals surface area contributed by atoms with Crippen LogP contribution in [-0.2, 0) is 16.0 Å². The number of amides is 1. The fourth-order valence-electron chi connectivity index (χ4n) is 3.86. The summed E-state index contributed by atoms with van der Waals surface area (Å²) >= 11 is 0.